The molecule has 130 valence electrons. The van der Waals surface area contributed by atoms with Gasteiger partial charge >= 0.3 is 0 Å². The van der Waals surface area contributed by atoms with E-state index in [1.54, 1.807) is 0 Å². The predicted octanol–water partition coefficient (Wildman–Crippen LogP) is 6.54. The molecule has 0 heterocycles. The van der Waals surface area contributed by atoms with Crippen LogP contribution in [0, 0.1) is 12.8 Å². The molecule has 1 heteroatoms. The molecule has 0 aromatic heterocycles. The quantitative estimate of drug-likeness (QED) is 0.502. The number of hydrogen-bond donors (Lipinski definition) is 0. The van der Waals surface area contributed by atoms with Crippen molar-refractivity contribution >= 4 is 9.24 Å². The smallest absolute Gasteiger partial charge is 0.0146 e. The van der Waals surface area contributed by atoms with Crippen molar-refractivity contribution in [1.29, 1.82) is 0 Å². The molecule has 0 aliphatic carbocycles. The van der Waals surface area contributed by atoms with Gasteiger partial charge in [0, 0.05) is 5.41 Å². The zero-order chi connectivity index (χ0) is 17.7. The highest BCUT2D eigenvalue weighted by molar-refractivity contribution is 7.17. The maximum absolute atomic E-state index is 3.02. The number of benzene rings is 2. The minimum Gasteiger partial charge on any atom is -0.134 e. The summed E-state index contributed by atoms with van der Waals surface area (Å²) < 4.78 is 0. The van der Waals surface area contributed by atoms with Crippen LogP contribution in [0.2, 0.25) is 0 Å². The van der Waals surface area contributed by atoms with Crippen LogP contribution < -0.4 is 0 Å². The molecule has 2 aromatic rings. The first kappa shape index (κ1) is 19.2. The van der Waals surface area contributed by atoms with E-state index in [0.717, 1.165) is 11.6 Å². The molecular weight excluding hydrogens is 307 g/mol. The average Bonchev–Trinajstić information content (AvgIpc) is 2.53. The lowest BCUT2D eigenvalue weighted by molar-refractivity contribution is 0.549. The summed E-state index contributed by atoms with van der Waals surface area (Å²) in [5.74, 6) is 0.783. The third-order valence-corrected chi connectivity index (χ3v) is 5.63. The van der Waals surface area contributed by atoms with Crippen molar-refractivity contribution in [2.75, 3.05) is 0 Å². The van der Waals surface area contributed by atoms with E-state index in [-0.39, 0.29) is 5.41 Å². The van der Waals surface area contributed by atoms with Gasteiger partial charge in [-0.1, -0.05) is 81.8 Å². The van der Waals surface area contributed by atoms with E-state index in [0.29, 0.717) is 0 Å². The van der Waals surface area contributed by atoms with Crippen molar-refractivity contribution in [3.63, 3.8) is 0 Å². The lowest BCUT2D eigenvalue weighted by atomic mass is 9.77. The zero-order valence-corrected chi connectivity index (χ0v) is 17.1. The van der Waals surface area contributed by atoms with Crippen LogP contribution in [0.1, 0.15) is 62.8 Å². The Morgan fingerprint density at radius 3 is 1.88 bits per heavy atom. The fraction of sp³-hybridized carbons (Fsp3) is 0.478. The number of aryl methyl sites for hydroxylation is 2. The standard InChI is InChI=1S/C23H33P/c1-17(2)16-22(24)15-10-19-8-13-21(14-9-19)23(4,5)20-11-6-18(3)7-12-20/h6-9,11-14,17,22H,10,15-16,24H2,1-5H3. The number of hydrogen-bond acceptors (Lipinski definition) is 0. The first-order valence-corrected chi connectivity index (χ1v) is 9.88. The fourth-order valence-corrected chi connectivity index (χ4v) is 4.01. The summed E-state index contributed by atoms with van der Waals surface area (Å²) in [6.07, 6.45) is 3.72. The second kappa shape index (κ2) is 8.30. The molecule has 0 amide bonds. The molecule has 0 saturated heterocycles. The van der Waals surface area contributed by atoms with E-state index < -0.39 is 0 Å². The molecule has 0 fully saturated rings. The number of rotatable bonds is 7. The molecular formula is C23H33P. The van der Waals surface area contributed by atoms with E-state index in [1.165, 1.54) is 41.5 Å². The highest BCUT2D eigenvalue weighted by atomic mass is 31.0. The van der Waals surface area contributed by atoms with Crippen LogP contribution in [0.3, 0.4) is 0 Å². The molecule has 0 bridgehead atoms. The minimum atomic E-state index is 0.0486. The summed E-state index contributed by atoms with van der Waals surface area (Å²) in [5, 5.41) is 0. The van der Waals surface area contributed by atoms with Crippen LogP contribution in [0.25, 0.3) is 0 Å². The maximum Gasteiger partial charge on any atom is 0.0146 e. The van der Waals surface area contributed by atoms with Crippen molar-refractivity contribution in [3.8, 4) is 0 Å². The lowest BCUT2D eigenvalue weighted by Gasteiger charge is -2.26. The topological polar surface area (TPSA) is 0 Å². The van der Waals surface area contributed by atoms with Crippen LogP contribution in [0.15, 0.2) is 48.5 Å². The Hall–Kier alpha value is -1.13. The molecule has 2 rings (SSSR count). The molecule has 0 aliphatic rings. The van der Waals surface area contributed by atoms with Crippen molar-refractivity contribution < 1.29 is 0 Å². The molecule has 0 aliphatic heterocycles. The second-order valence-electron chi connectivity index (χ2n) is 8.12. The first-order chi connectivity index (χ1) is 11.3. The summed E-state index contributed by atoms with van der Waals surface area (Å²) >= 11 is 0. The minimum absolute atomic E-state index is 0.0486. The second-order valence-corrected chi connectivity index (χ2v) is 9.06. The average molecular weight is 340 g/mol. The Morgan fingerprint density at radius 2 is 1.38 bits per heavy atom. The van der Waals surface area contributed by atoms with Crippen LogP contribution in [0.4, 0.5) is 0 Å². The van der Waals surface area contributed by atoms with Gasteiger partial charge in [-0.2, -0.15) is 0 Å². The van der Waals surface area contributed by atoms with Gasteiger partial charge < -0.3 is 0 Å². The van der Waals surface area contributed by atoms with Gasteiger partial charge in [-0.15, -0.1) is 9.24 Å². The SMILES string of the molecule is Cc1ccc(C(C)(C)c2ccc(CCC(P)CC(C)C)cc2)cc1. The van der Waals surface area contributed by atoms with Crippen LogP contribution in [0.5, 0.6) is 0 Å². The predicted molar refractivity (Wildman–Crippen MR) is 111 cm³/mol. The summed E-state index contributed by atoms with van der Waals surface area (Å²) in [6.45, 7) is 11.4. The molecule has 0 nitrogen and oxygen atoms in total. The third kappa shape index (κ3) is 5.18. The Balaban J connectivity index is 2.04. The maximum atomic E-state index is 3.02. The lowest BCUT2D eigenvalue weighted by Crippen LogP contribution is -2.18. The third-order valence-electron chi connectivity index (χ3n) is 5.03. The van der Waals surface area contributed by atoms with E-state index in [1.807, 2.05) is 0 Å². The van der Waals surface area contributed by atoms with Crippen LogP contribution >= 0.6 is 9.24 Å². The fourth-order valence-electron chi connectivity index (χ4n) is 3.30. The van der Waals surface area contributed by atoms with Crippen LogP contribution in [-0.2, 0) is 11.8 Å². The summed E-state index contributed by atoms with van der Waals surface area (Å²) in [6, 6.07) is 18.2. The van der Waals surface area contributed by atoms with E-state index in [9.17, 15) is 0 Å². The Morgan fingerprint density at radius 1 is 0.875 bits per heavy atom. The Bertz CT molecular complexity index is 620. The molecule has 2 unspecified atom stereocenters. The van der Waals surface area contributed by atoms with Crippen molar-refractivity contribution in [3.05, 3.63) is 70.8 Å². The Labute approximate surface area is 151 Å². The zero-order valence-electron chi connectivity index (χ0n) is 16.0. The molecule has 24 heavy (non-hydrogen) atoms. The molecule has 2 aromatic carbocycles. The van der Waals surface area contributed by atoms with Crippen LogP contribution in [-0.4, -0.2) is 5.66 Å². The van der Waals surface area contributed by atoms with Gasteiger partial charge in [0.1, 0.15) is 0 Å². The van der Waals surface area contributed by atoms with E-state index in [4.69, 9.17) is 0 Å². The van der Waals surface area contributed by atoms with E-state index in [2.05, 4.69) is 92.4 Å². The summed E-state index contributed by atoms with van der Waals surface area (Å²) in [4.78, 5) is 0. The van der Waals surface area contributed by atoms with Gasteiger partial charge in [0.2, 0.25) is 0 Å². The summed E-state index contributed by atoms with van der Waals surface area (Å²) in [5.41, 5.74) is 6.32. The highest BCUT2D eigenvalue weighted by Crippen LogP contribution is 2.32. The molecule has 0 saturated carbocycles. The first-order valence-electron chi connectivity index (χ1n) is 9.21. The molecule has 2 atom stereocenters. The molecule has 0 N–H and O–H groups in total. The Kier molecular flexibility index (Phi) is 6.64. The highest BCUT2D eigenvalue weighted by Gasteiger charge is 2.22. The van der Waals surface area contributed by atoms with Gasteiger partial charge in [0.25, 0.3) is 0 Å². The van der Waals surface area contributed by atoms with Gasteiger partial charge in [-0.3, -0.25) is 0 Å². The summed E-state index contributed by atoms with van der Waals surface area (Å²) in [7, 11) is 3.02. The van der Waals surface area contributed by atoms with Crippen molar-refractivity contribution in [2.24, 2.45) is 5.92 Å². The normalized spacial score (nSPS) is 13.3. The van der Waals surface area contributed by atoms with Crippen molar-refractivity contribution in [1.82, 2.24) is 0 Å². The van der Waals surface area contributed by atoms with Gasteiger partial charge in [-0.25, -0.2) is 0 Å². The van der Waals surface area contributed by atoms with Gasteiger partial charge in [-0.05, 0) is 54.5 Å². The monoisotopic (exact) mass is 340 g/mol. The van der Waals surface area contributed by atoms with Gasteiger partial charge in [0.15, 0.2) is 0 Å². The van der Waals surface area contributed by atoms with E-state index >= 15 is 0 Å². The molecule has 0 radical (unpaired) electrons. The molecule has 0 spiro atoms. The van der Waals surface area contributed by atoms with Crippen molar-refractivity contribution in [2.45, 2.75) is 65.0 Å². The largest absolute Gasteiger partial charge is 0.134 e. The van der Waals surface area contributed by atoms with Gasteiger partial charge in [0.05, 0.1) is 0 Å².